The Balaban J connectivity index is 1.36. The summed E-state index contributed by atoms with van der Waals surface area (Å²) in [7, 11) is 0. The molecule has 0 aromatic carbocycles. The van der Waals surface area contributed by atoms with Crippen LogP contribution in [0.5, 0.6) is 0 Å². The van der Waals surface area contributed by atoms with E-state index in [4.69, 9.17) is 4.74 Å². The molecule has 0 amide bonds. The second-order valence-electron chi connectivity index (χ2n) is 12.0. The molecule has 5 rings (SSSR count). The summed E-state index contributed by atoms with van der Waals surface area (Å²) >= 11 is 0. The molecule has 9 atom stereocenters. The highest BCUT2D eigenvalue weighted by molar-refractivity contribution is 5.91. The fourth-order valence-corrected chi connectivity index (χ4v) is 8.95. The molecule has 3 nitrogen and oxygen atoms in total. The van der Waals surface area contributed by atoms with Gasteiger partial charge in [0, 0.05) is 6.42 Å². The van der Waals surface area contributed by atoms with Gasteiger partial charge < -0.3 is 4.74 Å². The number of ether oxygens (including phenoxy) is 1. The Kier molecular flexibility index (Phi) is 4.99. The van der Waals surface area contributed by atoms with E-state index in [0.29, 0.717) is 23.0 Å². The Bertz CT molecular complexity index is 768. The van der Waals surface area contributed by atoms with Crippen molar-refractivity contribution in [2.75, 3.05) is 0 Å². The Labute approximate surface area is 182 Å². The van der Waals surface area contributed by atoms with Gasteiger partial charge >= 0.3 is 5.97 Å². The largest absolute Gasteiger partial charge is 0.462 e. The van der Waals surface area contributed by atoms with Gasteiger partial charge in [-0.1, -0.05) is 33.3 Å². The number of fused-ring (bicyclic) bond motifs is 5. The molecule has 3 saturated carbocycles. The lowest BCUT2D eigenvalue weighted by Crippen LogP contribution is -2.51. The number of hydrogen-bond acceptors (Lipinski definition) is 3. The molecular weight excluding hydrogens is 372 g/mol. The molecule has 0 spiro atoms. The minimum absolute atomic E-state index is 0.0212. The molecule has 5 aliphatic rings. The second kappa shape index (κ2) is 7.20. The molecule has 4 aliphatic carbocycles. The average molecular weight is 413 g/mol. The molecule has 1 aliphatic heterocycles. The summed E-state index contributed by atoms with van der Waals surface area (Å²) in [5, 5.41) is 0. The van der Waals surface area contributed by atoms with Gasteiger partial charge in [-0.15, -0.1) is 0 Å². The van der Waals surface area contributed by atoms with Crippen molar-refractivity contribution in [1.29, 1.82) is 0 Å². The third-order valence-corrected chi connectivity index (χ3v) is 10.8. The van der Waals surface area contributed by atoms with E-state index in [1.54, 1.807) is 0 Å². The van der Waals surface area contributed by atoms with Gasteiger partial charge in [0.1, 0.15) is 6.10 Å². The van der Waals surface area contributed by atoms with Gasteiger partial charge in [0.05, 0.1) is 5.92 Å². The lowest BCUT2D eigenvalue weighted by atomic mass is 9.46. The monoisotopic (exact) mass is 412 g/mol. The number of rotatable bonds is 2. The first kappa shape index (κ1) is 20.8. The summed E-state index contributed by atoms with van der Waals surface area (Å²) in [5.74, 6) is 3.96. The molecule has 1 heterocycles. The standard InChI is InChI=1S/C27H40O3/c1-16-5-10-24(30-25(16)29)17(2)21-8-9-22-20-7-6-18-15-19(28)11-13-26(18,3)23(20)12-14-27(21,22)4/h15-17,20-24H,5-14H2,1-4H3. The van der Waals surface area contributed by atoms with Gasteiger partial charge in [0.15, 0.2) is 5.78 Å². The molecule has 9 unspecified atom stereocenters. The molecule has 3 heteroatoms. The van der Waals surface area contributed by atoms with Crippen molar-refractivity contribution in [3.63, 3.8) is 0 Å². The van der Waals surface area contributed by atoms with Crippen molar-refractivity contribution < 1.29 is 14.3 Å². The molecule has 4 fully saturated rings. The van der Waals surface area contributed by atoms with E-state index in [2.05, 4.69) is 20.8 Å². The second-order valence-corrected chi connectivity index (χ2v) is 12.0. The van der Waals surface area contributed by atoms with Crippen LogP contribution in [0.3, 0.4) is 0 Å². The van der Waals surface area contributed by atoms with Gasteiger partial charge in [-0.25, -0.2) is 0 Å². The van der Waals surface area contributed by atoms with E-state index in [0.717, 1.165) is 49.9 Å². The zero-order chi connectivity index (χ0) is 21.3. The smallest absolute Gasteiger partial charge is 0.308 e. The molecular formula is C27H40O3. The highest BCUT2D eigenvalue weighted by Crippen LogP contribution is 2.67. The number of ketones is 1. The van der Waals surface area contributed by atoms with Crippen LogP contribution in [-0.4, -0.2) is 17.9 Å². The van der Waals surface area contributed by atoms with E-state index in [-0.39, 0.29) is 23.4 Å². The van der Waals surface area contributed by atoms with Gasteiger partial charge in [-0.3, -0.25) is 9.59 Å². The first-order valence-electron chi connectivity index (χ1n) is 12.7. The summed E-state index contributed by atoms with van der Waals surface area (Å²) in [5.41, 5.74) is 2.12. The predicted molar refractivity (Wildman–Crippen MR) is 118 cm³/mol. The summed E-state index contributed by atoms with van der Waals surface area (Å²) in [6.45, 7) is 9.42. The minimum atomic E-state index is 0.0212. The topological polar surface area (TPSA) is 43.4 Å². The SMILES string of the molecule is CC1CCC(C(C)C2CCC3C4CCC5=CC(=O)CCC5(C)C4CCC23C)OC1=O. The van der Waals surface area contributed by atoms with Crippen molar-refractivity contribution in [3.8, 4) is 0 Å². The Hall–Kier alpha value is -1.12. The Morgan fingerprint density at radius 1 is 0.967 bits per heavy atom. The number of carbonyl (C=O) groups excluding carboxylic acids is 2. The normalized spacial score (nSPS) is 49.4. The first-order valence-corrected chi connectivity index (χ1v) is 12.7. The van der Waals surface area contributed by atoms with Crippen LogP contribution in [0, 0.1) is 46.3 Å². The fraction of sp³-hybridized carbons (Fsp3) is 0.852. The lowest BCUT2D eigenvalue weighted by molar-refractivity contribution is -0.166. The molecule has 166 valence electrons. The van der Waals surface area contributed by atoms with Crippen LogP contribution in [0.1, 0.15) is 91.9 Å². The number of esters is 1. The highest BCUT2D eigenvalue weighted by Gasteiger charge is 2.60. The van der Waals surface area contributed by atoms with Crippen molar-refractivity contribution in [2.24, 2.45) is 46.3 Å². The molecule has 0 N–H and O–H groups in total. The third-order valence-electron chi connectivity index (χ3n) is 10.8. The Morgan fingerprint density at radius 3 is 2.53 bits per heavy atom. The zero-order valence-electron chi connectivity index (χ0n) is 19.4. The van der Waals surface area contributed by atoms with Crippen LogP contribution >= 0.6 is 0 Å². The van der Waals surface area contributed by atoms with Crippen molar-refractivity contribution in [2.45, 2.75) is 98.0 Å². The van der Waals surface area contributed by atoms with Crippen LogP contribution in [0.4, 0.5) is 0 Å². The van der Waals surface area contributed by atoms with E-state index in [9.17, 15) is 9.59 Å². The average Bonchev–Trinajstić information content (AvgIpc) is 3.07. The van der Waals surface area contributed by atoms with Crippen molar-refractivity contribution in [1.82, 2.24) is 0 Å². The zero-order valence-corrected chi connectivity index (χ0v) is 19.4. The van der Waals surface area contributed by atoms with Crippen LogP contribution < -0.4 is 0 Å². The molecule has 0 aromatic heterocycles. The van der Waals surface area contributed by atoms with Crippen LogP contribution in [0.15, 0.2) is 11.6 Å². The van der Waals surface area contributed by atoms with Crippen molar-refractivity contribution in [3.05, 3.63) is 11.6 Å². The van der Waals surface area contributed by atoms with Crippen LogP contribution in [-0.2, 0) is 14.3 Å². The number of hydrogen-bond donors (Lipinski definition) is 0. The maximum Gasteiger partial charge on any atom is 0.308 e. The van der Waals surface area contributed by atoms with E-state index in [1.165, 1.54) is 37.7 Å². The van der Waals surface area contributed by atoms with Gasteiger partial charge in [0.2, 0.25) is 0 Å². The number of cyclic esters (lactones) is 1. The van der Waals surface area contributed by atoms with Gasteiger partial charge in [0.25, 0.3) is 0 Å². The fourth-order valence-electron chi connectivity index (χ4n) is 8.95. The summed E-state index contributed by atoms with van der Waals surface area (Å²) in [4.78, 5) is 24.3. The maximum atomic E-state index is 12.2. The quantitative estimate of drug-likeness (QED) is 0.514. The molecule has 0 radical (unpaired) electrons. The van der Waals surface area contributed by atoms with Crippen LogP contribution in [0.25, 0.3) is 0 Å². The summed E-state index contributed by atoms with van der Waals surface area (Å²) in [6.07, 6.45) is 13.6. The Morgan fingerprint density at radius 2 is 1.77 bits per heavy atom. The third kappa shape index (κ3) is 2.97. The first-order chi connectivity index (χ1) is 14.2. The van der Waals surface area contributed by atoms with Crippen molar-refractivity contribution >= 4 is 11.8 Å². The van der Waals surface area contributed by atoms with Gasteiger partial charge in [-0.05, 0) is 104 Å². The maximum absolute atomic E-state index is 12.2. The summed E-state index contributed by atoms with van der Waals surface area (Å²) in [6, 6.07) is 0. The highest BCUT2D eigenvalue weighted by atomic mass is 16.5. The molecule has 30 heavy (non-hydrogen) atoms. The molecule has 0 bridgehead atoms. The summed E-state index contributed by atoms with van der Waals surface area (Å²) < 4.78 is 5.92. The molecule has 1 saturated heterocycles. The number of allylic oxidation sites excluding steroid dienone is 1. The minimum Gasteiger partial charge on any atom is -0.462 e. The van der Waals surface area contributed by atoms with E-state index >= 15 is 0 Å². The van der Waals surface area contributed by atoms with Gasteiger partial charge in [-0.2, -0.15) is 0 Å². The van der Waals surface area contributed by atoms with E-state index in [1.807, 2.05) is 13.0 Å². The predicted octanol–water partition coefficient (Wildman–Crippen LogP) is 6.11. The molecule has 0 aromatic rings. The van der Waals surface area contributed by atoms with Crippen LogP contribution in [0.2, 0.25) is 0 Å². The van der Waals surface area contributed by atoms with E-state index < -0.39 is 0 Å². The number of carbonyl (C=O) groups is 2. The lowest BCUT2D eigenvalue weighted by Gasteiger charge is -2.58.